The number of furan rings is 1. The summed E-state index contributed by atoms with van der Waals surface area (Å²) in [7, 11) is 1.72. The molecule has 28 heavy (non-hydrogen) atoms. The van der Waals surface area contributed by atoms with Crippen LogP contribution < -0.4 is 0 Å². The minimum atomic E-state index is -0.293. The van der Waals surface area contributed by atoms with E-state index in [-0.39, 0.29) is 17.5 Å². The number of nitrogens with zero attached hydrogens (tertiary/aromatic N) is 4. The minimum absolute atomic E-state index is 0.0523. The predicted molar refractivity (Wildman–Crippen MR) is 106 cm³/mol. The summed E-state index contributed by atoms with van der Waals surface area (Å²) in [5.41, 5.74) is 1.73. The molecule has 146 valence electrons. The molecule has 3 rings (SSSR count). The number of aromatic nitrogens is 3. The average Bonchev–Trinajstić information content (AvgIpc) is 3.27. The maximum Gasteiger partial charge on any atom is 0.233 e. The summed E-state index contributed by atoms with van der Waals surface area (Å²) < 4.78 is 20.3. The molecule has 0 aliphatic heterocycles. The van der Waals surface area contributed by atoms with Gasteiger partial charge in [-0.1, -0.05) is 30.0 Å². The second kappa shape index (κ2) is 8.88. The lowest BCUT2D eigenvalue weighted by molar-refractivity contribution is -0.127. The van der Waals surface area contributed by atoms with Gasteiger partial charge < -0.3 is 9.32 Å². The quantitative estimate of drug-likeness (QED) is 0.424. The summed E-state index contributed by atoms with van der Waals surface area (Å²) in [6.07, 6.45) is 3.37. The summed E-state index contributed by atoms with van der Waals surface area (Å²) in [5.74, 6) is 1.31. The number of rotatable bonds is 8. The molecule has 2 heterocycles. The van der Waals surface area contributed by atoms with Crippen molar-refractivity contribution in [3.05, 3.63) is 66.4 Å². The largest absolute Gasteiger partial charge is 0.469 e. The number of hydrogen-bond acceptors (Lipinski definition) is 5. The SMILES string of the molecule is C=CCn1c(SCC(=O)N(C)Cc2ccc(F)cc2)nnc1-c1ccoc1C. The third-order valence-corrected chi connectivity index (χ3v) is 5.16. The smallest absolute Gasteiger partial charge is 0.233 e. The zero-order valence-corrected chi connectivity index (χ0v) is 16.6. The van der Waals surface area contributed by atoms with E-state index in [1.165, 1.54) is 23.9 Å². The molecule has 0 N–H and O–H groups in total. The highest BCUT2D eigenvalue weighted by atomic mass is 32.2. The molecule has 0 aliphatic rings. The lowest BCUT2D eigenvalue weighted by Crippen LogP contribution is -2.27. The van der Waals surface area contributed by atoms with E-state index in [0.29, 0.717) is 24.1 Å². The van der Waals surface area contributed by atoms with Gasteiger partial charge >= 0.3 is 0 Å². The first-order chi connectivity index (χ1) is 13.5. The number of carbonyl (C=O) groups excluding carboxylic acids is 1. The number of thioether (sulfide) groups is 1. The van der Waals surface area contributed by atoms with Crippen LogP contribution >= 0.6 is 11.8 Å². The van der Waals surface area contributed by atoms with Crippen LogP contribution in [0.3, 0.4) is 0 Å². The Labute approximate surface area is 167 Å². The fraction of sp³-hybridized carbons (Fsp3) is 0.250. The molecule has 0 saturated carbocycles. The molecule has 1 amide bonds. The van der Waals surface area contributed by atoms with Crippen LogP contribution in [0.25, 0.3) is 11.4 Å². The Morgan fingerprint density at radius 3 is 2.71 bits per heavy atom. The van der Waals surface area contributed by atoms with Crippen molar-refractivity contribution >= 4 is 17.7 Å². The van der Waals surface area contributed by atoms with Crippen molar-refractivity contribution in [3.63, 3.8) is 0 Å². The molecule has 0 aliphatic carbocycles. The molecule has 0 unspecified atom stereocenters. The van der Waals surface area contributed by atoms with Crippen molar-refractivity contribution in [2.24, 2.45) is 0 Å². The zero-order valence-electron chi connectivity index (χ0n) is 15.8. The van der Waals surface area contributed by atoms with Crippen LogP contribution in [0, 0.1) is 12.7 Å². The highest BCUT2D eigenvalue weighted by Crippen LogP contribution is 2.27. The highest BCUT2D eigenvalue weighted by Gasteiger charge is 2.18. The van der Waals surface area contributed by atoms with Crippen molar-refractivity contribution in [2.45, 2.75) is 25.2 Å². The monoisotopic (exact) mass is 400 g/mol. The van der Waals surface area contributed by atoms with Gasteiger partial charge in [0.15, 0.2) is 11.0 Å². The van der Waals surface area contributed by atoms with E-state index in [2.05, 4.69) is 16.8 Å². The van der Waals surface area contributed by atoms with Crippen LogP contribution in [-0.4, -0.2) is 38.4 Å². The fourth-order valence-electron chi connectivity index (χ4n) is 2.69. The molecule has 3 aromatic rings. The molecule has 1 aromatic carbocycles. The molecule has 8 heteroatoms. The normalized spacial score (nSPS) is 10.8. The third kappa shape index (κ3) is 4.51. The lowest BCUT2D eigenvalue weighted by atomic mass is 10.2. The van der Waals surface area contributed by atoms with Crippen LogP contribution in [0.15, 0.2) is 58.8 Å². The van der Waals surface area contributed by atoms with Crippen molar-refractivity contribution in [1.29, 1.82) is 0 Å². The number of aryl methyl sites for hydroxylation is 1. The van der Waals surface area contributed by atoms with Gasteiger partial charge in [-0.05, 0) is 30.7 Å². The van der Waals surface area contributed by atoms with Crippen LogP contribution in [0.2, 0.25) is 0 Å². The van der Waals surface area contributed by atoms with E-state index in [9.17, 15) is 9.18 Å². The van der Waals surface area contributed by atoms with Crippen molar-refractivity contribution in [2.75, 3.05) is 12.8 Å². The molecule has 6 nitrogen and oxygen atoms in total. The molecular weight excluding hydrogens is 379 g/mol. The number of amides is 1. The Morgan fingerprint density at radius 2 is 2.07 bits per heavy atom. The van der Waals surface area contributed by atoms with E-state index >= 15 is 0 Å². The van der Waals surface area contributed by atoms with Gasteiger partial charge in [-0.2, -0.15) is 0 Å². The number of benzene rings is 1. The Hall–Kier alpha value is -2.87. The molecule has 0 fully saturated rings. The molecule has 0 saturated heterocycles. The summed E-state index contributed by atoms with van der Waals surface area (Å²) in [6.45, 7) is 6.59. The molecule has 0 radical (unpaired) electrons. The standard InChI is InChI=1S/C20H21FN4O2S/c1-4-10-25-19(17-9-11-27-14(17)2)22-23-20(25)28-13-18(26)24(3)12-15-5-7-16(21)8-6-15/h4-9,11H,1,10,12-13H2,2-3H3. The number of allylic oxidation sites excluding steroid dienone is 1. The summed E-state index contributed by atoms with van der Waals surface area (Å²) in [4.78, 5) is 14.1. The zero-order chi connectivity index (χ0) is 20.1. The lowest BCUT2D eigenvalue weighted by Gasteiger charge is -2.17. The minimum Gasteiger partial charge on any atom is -0.469 e. The molecule has 0 atom stereocenters. The average molecular weight is 400 g/mol. The third-order valence-electron chi connectivity index (χ3n) is 4.21. The Balaban J connectivity index is 1.67. The molecule has 0 bridgehead atoms. The summed E-state index contributed by atoms with van der Waals surface area (Å²) >= 11 is 1.32. The summed E-state index contributed by atoms with van der Waals surface area (Å²) in [6, 6.07) is 7.97. The Morgan fingerprint density at radius 1 is 1.32 bits per heavy atom. The van der Waals surface area contributed by atoms with Crippen molar-refractivity contribution < 1.29 is 13.6 Å². The number of halogens is 1. The van der Waals surface area contributed by atoms with E-state index < -0.39 is 0 Å². The predicted octanol–water partition coefficient (Wildman–Crippen LogP) is 3.92. The summed E-state index contributed by atoms with van der Waals surface area (Å²) in [5, 5.41) is 9.13. The van der Waals surface area contributed by atoms with Gasteiger partial charge in [-0.15, -0.1) is 16.8 Å². The Kier molecular flexibility index (Phi) is 6.30. The van der Waals surface area contributed by atoms with E-state index in [0.717, 1.165) is 16.9 Å². The maximum atomic E-state index is 13.0. The molecule has 0 spiro atoms. The van der Waals surface area contributed by atoms with Gasteiger partial charge in [-0.25, -0.2) is 4.39 Å². The number of carbonyl (C=O) groups is 1. The Bertz CT molecular complexity index is 965. The number of hydrogen-bond donors (Lipinski definition) is 0. The van der Waals surface area contributed by atoms with E-state index in [1.807, 2.05) is 17.6 Å². The highest BCUT2D eigenvalue weighted by molar-refractivity contribution is 7.99. The van der Waals surface area contributed by atoms with Crippen LogP contribution in [0.1, 0.15) is 11.3 Å². The van der Waals surface area contributed by atoms with Crippen LogP contribution in [0.4, 0.5) is 4.39 Å². The van der Waals surface area contributed by atoms with Gasteiger partial charge in [-0.3, -0.25) is 9.36 Å². The van der Waals surface area contributed by atoms with Crippen molar-refractivity contribution in [3.8, 4) is 11.4 Å². The van der Waals surface area contributed by atoms with Gasteiger partial charge in [0.1, 0.15) is 11.6 Å². The van der Waals surface area contributed by atoms with E-state index in [1.54, 1.807) is 36.4 Å². The van der Waals surface area contributed by atoms with Gasteiger partial charge in [0.25, 0.3) is 0 Å². The fourth-order valence-corrected chi connectivity index (χ4v) is 3.58. The first kappa shape index (κ1) is 19.9. The topological polar surface area (TPSA) is 64.2 Å². The van der Waals surface area contributed by atoms with Crippen LogP contribution in [0.5, 0.6) is 0 Å². The maximum absolute atomic E-state index is 13.0. The molecular formula is C20H21FN4O2S. The first-order valence-electron chi connectivity index (χ1n) is 8.69. The van der Waals surface area contributed by atoms with Crippen molar-refractivity contribution in [1.82, 2.24) is 19.7 Å². The van der Waals surface area contributed by atoms with Crippen LogP contribution in [-0.2, 0) is 17.9 Å². The van der Waals surface area contributed by atoms with Gasteiger partial charge in [0.2, 0.25) is 5.91 Å². The van der Waals surface area contributed by atoms with Gasteiger partial charge in [0, 0.05) is 20.1 Å². The second-order valence-corrected chi connectivity index (χ2v) is 7.20. The van der Waals surface area contributed by atoms with E-state index in [4.69, 9.17) is 4.42 Å². The first-order valence-corrected chi connectivity index (χ1v) is 9.68. The second-order valence-electron chi connectivity index (χ2n) is 6.26. The molecule has 2 aromatic heterocycles. The van der Waals surface area contributed by atoms with Gasteiger partial charge in [0.05, 0.1) is 17.6 Å².